The number of nitro groups is 1. The average Bonchev–Trinajstić information content (AvgIpc) is 3.13. The summed E-state index contributed by atoms with van der Waals surface area (Å²) < 4.78 is 5.39. The Morgan fingerprint density at radius 2 is 2.17 bits per heavy atom. The molecule has 2 saturated carbocycles. The number of ether oxygens (including phenoxy) is 1. The van der Waals surface area contributed by atoms with E-state index in [2.05, 4.69) is 21.2 Å². The van der Waals surface area contributed by atoms with Crippen molar-refractivity contribution >= 4 is 39.2 Å². The highest BCUT2D eigenvalue weighted by Gasteiger charge is 2.67. The molecule has 0 spiro atoms. The fourth-order valence-electron chi connectivity index (χ4n) is 4.44. The van der Waals surface area contributed by atoms with Gasteiger partial charge in [-0.05, 0) is 25.3 Å². The van der Waals surface area contributed by atoms with Crippen molar-refractivity contribution in [3.05, 3.63) is 33.9 Å². The summed E-state index contributed by atoms with van der Waals surface area (Å²) >= 11 is 3.56. The lowest BCUT2D eigenvalue weighted by atomic mass is 9.79. The minimum absolute atomic E-state index is 0.00620. The molecule has 2 aliphatic carbocycles. The Morgan fingerprint density at radius 3 is 2.88 bits per heavy atom. The molecule has 4 rings (SSSR count). The number of halogens is 1. The largest absolute Gasteiger partial charge is 0.461 e. The molecule has 126 valence electrons. The summed E-state index contributed by atoms with van der Waals surface area (Å²) in [5.41, 5.74) is 0.856. The molecule has 0 aromatic heterocycles. The molecule has 1 aromatic carbocycles. The zero-order valence-corrected chi connectivity index (χ0v) is 14.4. The van der Waals surface area contributed by atoms with Crippen molar-refractivity contribution in [1.29, 1.82) is 0 Å². The second kappa shape index (κ2) is 5.27. The number of nitrogens with zero attached hydrogens (tertiary/aromatic N) is 1. The predicted molar refractivity (Wildman–Crippen MR) is 87.6 cm³/mol. The summed E-state index contributed by atoms with van der Waals surface area (Å²) in [6.07, 6.45) is 0.667. The quantitative estimate of drug-likeness (QED) is 0.367. The third-order valence-electron chi connectivity index (χ3n) is 5.50. The standard InChI is InChI=1S/C16H15BrN2O5/c1-6-2-3-7(4-10(6)19(22)23)18-15(20)11-8-5-9-12(11)16(21)24-14(9)13(8)17/h2-4,8-9,11-14H,5H2,1H3,(H,18,20). The molecule has 1 heterocycles. The highest BCUT2D eigenvalue weighted by molar-refractivity contribution is 9.09. The van der Waals surface area contributed by atoms with Crippen LogP contribution in [-0.2, 0) is 14.3 Å². The van der Waals surface area contributed by atoms with Gasteiger partial charge < -0.3 is 10.1 Å². The Bertz CT molecular complexity index is 767. The molecule has 1 N–H and O–H groups in total. The Balaban J connectivity index is 1.58. The molecular formula is C16H15BrN2O5. The molecular weight excluding hydrogens is 380 g/mol. The van der Waals surface area contributed by atoms with Gasteiger partial charge in [0.05, 0.1) is 21.6 Å². The van der Waals surface area contributed by atoms with Gasteiger partial charge in [-0.2, -0.15) is 0 Å². The van der Waals surface area contributed by atoms with E-state index < -0.39 is 16.8 Å². The molecule has 1 aliphatic heterocycles. The number of hydrogen-bond acceptors (Lipinski definition) is 5. The SMILES string of the molecule is Cc1ccc(NC(=O)C2C3CC4C(OC(=O)C42)C3Br)cc1[N+](=O)[O-]. The van der Waals surface area contributed by atoms with Gasteiger partial charge in [-0.3, -0.25) is 19.7 Å². The van der Waals surface area contributed by atoms with Crippen LogP contribution in [0.1, 0.15) is 12.0 Å². The van der Waals surface area contributed by atoms with E-state index in [4.69, 9.17) is 4.74 Å². The molecule has 8 heteroatoms. The molecule has 0 radical (unpaired) electrons. The number of fused-ring (bicyclic) bond motifs is 1. The first-order chi connectivity index (χ1) is 11.4. The molecule has 3 aliphatic rings. The number of aryl methyl sites for hydroxylation is 1. The van der Waals surface area contributed by atoms with Crippen LogP contribution in [0.25, 0.3) is 0 Å². The van der Waals surface area contributed by atoms with E-state index in [9.17, 15) is 19.7 Å². The van der Waals surface area contributed by atoms with Gasteiger partial charge in [-0.25, -0.2) is 0 Å². The summed E-state index contributed by atoms with van der Waals surface area (Å²) in [5, 5.41) is 13.8. The smallest absolute Gasteiger partial charge is 0.310 e. The van der Waals surface area contributed by atoms with E-state index in [1.165, 1.54) is 6.07 Å². The van der Waals surface area contributed by atoms with Crippen LogP contribution in [-0.4, -0.2) is 27.7 Å². The van der Waals surface area contributed by atoms with E-state index in [1.807, 2.05) is 0 Å². The Kier molecular flexibility index (Phi) is 3.42. The van der Waals surface area contributed by atoms with Gasteiger partial charge in [-0.1, -0.05) is 22.0 Å². The average molecular weight is 395 g/mol. The topological polar surface area (TPSA) is 98.5 Å². The van der Waals surface area contributed by atoms with Gasteiger partial charge in [0.15, 0.2) is 0 Å². The lowest BCUT2D eigenvalue weighted by Crippen LogP contribution is -2.40. The highest BCUT2D eigenvalue weighted by Crippen LogP contribution is 2.60. The van der Waals surface area contributed by atoms with Crippen LogP contribution in [0.15, 0.2) is 18.2 Å². The predicted octanol–water partition coefficient (Wildman–Crippen LogP) is 2.41. The van der Waals surface area contributed by atoms with Crippen LogP contribution >= 0.6 is 15.9 Å². The Labute approximate surface area is 146 Å². The van der Waals surface area contributed by atoms with Crippen molar-refractivity contribution in [2.45, 2.75) is 24.3 Å². The number of esters is 1. The zero-order chi connectivity index (χ0) is 17.2. The summed E-state index contributed by atoms with van der Waals surface area (Å²) in [4.78, 5) is 35.4. The summed E-state index contributed by atoms with van der Waals surface area (Å²) in [7, 11) is 0. The van der Waals surface area contributed by atoms with Crippen molar-refractivity contribution in [1.82, 2.24) is 0 Å². The number of nitro benzene ring substituents is 1. The van der Waals surface area contributed by atoms with Crippen molar-refractivity contribution < 1.29 is 19.2 Å². The molecule has 1 saturated heterocycles. The number of nitrogens with one attached hydrogen (secondary N) is 1. The number of hydrogen-bond donors (Lipinski definition) is 1. The first kappa shape index (κ1) is 15.6. The van der Waals surface area contributed by atoms with Gasteiger partial charge in [-0.15, -0.1) is 0 Å². The van der Waals surface area contributed by atoms with Crippen molar-refractivity contribution in [3.63, 3.8) is 0 Å². The number of carbonyl (C=O) groups excluding carboxylic acids is 2. The first-order valence-corrected chi connectivity index (χ1v) is 8.70. The zero-order valence-electron chi connectivity index (χ0n) is 12.8. The Morgan fingerprint density at radius 1 is 1.42 bits per heavy atom. The lowest BCUT2D eigenvalue weighted by molar-refractivity contribution is -0.385. The number of rotatable bonds is 3. The van der Waals surface area contributed by atoms with Crippen LogP contribution in [0.2, 0.25) is 0 Å². The summed E-state index contributed by atoms with van der Waals surface area (Å²) in [5.74, 6) is -1.27. The van der Waals surface area contributed by atoms with Crippen molar-refractivity contribution in [2.75, 3.05) is 5.32 Å². The third kappa shape index (κ3) is 2.08. The normalized spacial score (nSPS) is 35.8. The van der Waals surface area contributed by atoms with E-state index >= 15 is 0 Å². The van der Waals surface area contributed by atoms with Gasteiger partial charge in [0.1, 0.15) is 6.10 Å². The molecule has 24 heavy (non-hydrogen) atoms. The second-order valence-electron chi connectivity index (χ2n) is 6.71. The number of benzene rings is 1. The van der Waals surface area contributed by atoms with Gasteiger partial charge in [0, 0.05) is 23.2 Å². The monoisotopic (exact) mass is 394 g/mol. The molecule has 1 amide bonds. The fourth-order valence-corrected chi connectivity index (χ4v) is 5.48. The van der Waals surface area contributed by atoms with Crippen molar-refractivity contribution in [3.8, 4) is 0 Å². The van der Waals surface area contributed by atoms with Crippen LogP contribution in [0.4, 0.5) is 11.4 Å². The molecule has 6 atom stereocenters. The Hall–Kier alpha value is -1.96. The fraction of sp³-hybridized carbons (Fsp3) is 0.500. The number of amides is 1. The minimum atomic E-state index is -0.476. The van der Waals surface area contributed by atoms with E-state index in [-0.39, 0.29) is 40.3 Å². The highest BCUT2D eigenvalue weighted by atomic mass is 79.9. The van der Waals surface area contributed by atoms with Crippen LogP contribution < -0.4 is 5.32 Å². The third-order valence-corrected chi connectivity index (χ3v) is 6.70. The van der Waals surface area contributed by atoms with Gasteiger partial charge in [0.2, 0.25) is 5.91 Å². The molecule has 6 unspecified atom stereocenters. The number of alkyl halides is 1. The van der Waals surface area contributed by atoms with Crippen LogP contribution in [0.5, 0.6) is 0 Å². The van der Waals surface area contributed by atoms with E-state index in [0.29, 0.717) is 11.3 Å². The maximum Gasteiger partial charge on any atom is 0.310 e. The first-order valence-electron chi connectivity index (χ1n) is 7.79. The maximum atomic E-state index is 12.7. The van der Waals surface area contributed by atoms with Crippen LogP contribution in [0.3, 0.4) is 0 Å². The van der Waals surface area contributed by atoms with Gasteiger partial charge >= 0.3 is 5.97 Å². The maximum absolute atomic E-state index is 12.7. The number of anilines is 1. The lowest BCUT2D eigenvalue weighted by Gasteiger charge is -2.27. The molecule has 2 bridgehead atoms. The van der Waals surface area contributed by atoms with Crippen molar-refractivity contribution in [2.24, 2.45) is 23.7 Å². The van der Waals surface area contributed by atoms with E-state index in [0.717, 1.165) is 6.42 Å². The molecule has 7 nitrogen and oxygen atoms in total. The van der Waals surface area contributed by atoms with E-state index in [1.54, 1.807) is 19.1 Å². The van der Waals surface area contributed by atoms with Gasteiger partial charge in [0.25, 0.3) is 5.69 Å². The minimum Gasteiger partial charge on any atom is -0.461 e. The summed E-state index contributed by atoms with van der Waals surface area (Å²) in [6.45, 7) is 1.64. The second-order valence-corrected chi connectivity index (χ2v) is 7.77. The summed E-state index contributed by atoms with van der Waals surface area (Å²) in [6, 6.07) is 4.58. The molecule has 3 fully saturated rings. The number of carbonyl (C=O) groups is 2. The van der Waals surface area contributed by atoms with Crippen LogP contribution in [0, 0.1) is 40.7 Å². The molecule has 1 aromatic rings.